The monoisotopic (exact) mass is 253 g/mol. The summed E-state index contributed by atoms with van der Waals surface area (Å²) in [4.78, 5) is 0. The van der Waals surface area contributed by atoms with Gasteiger partial charge in [0.1, 0.15) is 12.4 Å². The largest absolute Gasteiger partial charge is 0.492 e. The van der Waals surface area contributed by atoms with Crippen LogP contribution in [0, 0.1) is 6.92 Å². The minimum absolute atomic E-state index is 0.742. The van der Waals surface area contributed by atoms with Crippen LogP contribution in [0.15, 0.2) is 24.3 Å². The molecule has 0 spiro atoms. The Morgan fingerprint density at radius 1 is 1.24 bits per heavy atom. The number of unbranched alkanes of at least 4 members (excludes halogenated alkanes) is 1. The second-order valence-corrected chi connectivity index (χ2v) is 5.10. The molecule has 0 atom stereocenters. The number of hydrogen-bond acceptors (Lipinski definition) is 3. The van der Waals surface area contributed by atoms with Gasteiger partial charge in [0.25, 0.3) is 0 Å². The van der Waals surface area contributed by atoms with Gasteiger partial charge in [0, 0.05) is 6.54 Å². The standard InChI is InChI=1S/C14H23NOS/c1-13-6-5-7-14(12-13)16-10-9-15-8-3-4-11-17-2/h5-7,12,15H,3-4,8-11H2,1-2H3. The van der Waals surface area contributed by atoms with E-state index in [-0.39, 0.29) is 0 Å². The normalized spacial score (nSPS) is 10.5. The molecule has 0 heterocycles. The van der Waals surface area contributed by atoms with Crippen LogP contribution in [0.5, 0.6) is 5.75 Å². The SMILES string of the molecule is CSCCCCNCCOc1cccc(C)c1. The van der Waals surface area contributed by atoms with Gasteiger partial charge in [-0.1, -0.05) is 12.1 Å². The fraction of sp³-hybridized carbons (Fsp3) is 0.571. The van der Waals surface area contributed by atoms with Gasteiger partial charge in [0.15, 0.2) is 0 Å². The van der Waals surface area contributed by atoms with Crippen LogP contribution < -0.4 is 10.1 Å². The number of aryl methyl sites for hydroxylation is 1. The van der Waals surface area contributed by atoms with Gasteiger partial charge in [-0.15, -0.1) is 0 Å². The van der Waals surface area contributed by atoms with Crippen LogP contribution in [0.1, 0.15) is 18.4 Å². The van der Waals surface area contributed by atoms with Crippen LogP contribution in [-0.2, 0) is 0 Å². The van der Waals surface area contributed by atoms with Gasteiger partial charge >= 0.3 is 0 Å². The summed E-state index contributed by atoms with van der Waals surface area (Å²) in [6.07, 6.45) is 4.71. The van der Waals surface area contributed by atoms with Gasteiger partial charge in [-0.2, -0.15) is 11.8 Å². The van der Waals surface area contributed by atoms with Crippen LogP contribution in [-0.4, -0.2) is 31.7 Å². The van der Waals surface area contributed by atoms with E-state index in [1.54, 1.807) is 0 Å². The molecule has 96 valence electrons. The smallest absolute Gasteiger partial charge is 0.119 e. The molecule has 1 N–H and O–H groups in total. The molecule has 0 aromatic heterocycles. The van der Waals surface area contributed by atoms with Crippen molar-refractivity contribution in [2.75, 3.05) is 31.7 Å². The highest BCUT2D eigenvalue weighted by atomic mass is 32.2. The van der Waals surface area contributed by atoms with Crippen LogP contribution in [0.4, 0.5) is 0 Å². The van der Waals surface area contributed by atoms with E-state index in [0.29, 0.717) is 0 Å². The van der Waals surface area contributed by atoms with Crippen molar-refractivity contribution in [1.82, 2.24) is 5.32 Å². The van der Waals surface area contributed by atoms with Crippen LogP contribution in [0.25, 0.3) is 0 Å². The maximum absolute atomic E-state index is 5.65. The third-order valence-corrected chi connectivity index (χ3v) is 3.19. The highest BCUT2D eigenvalue weighted by molar-refractivity contribution is 7.98. The van der Waals surface area contributed by atoms with Crippen molar-refractivity contribution >= 4 is 11.8 Å². The lowest BCUT2D eigenvalue weighted by atomic mass is 10.2. The molecule has 1 aromatic carbocycles. The van der Waals surface area contributed by atoms with E-state index in [0.717, 1.165) is 25.4 Å². The van der Waals surface area contributed by atoms with Crippen LogP contribution >= 0.6 is 11.8 Å². The van der Waals surface area contributed by atoms with E-state index in [9.17, 15) is 0 Å². The summed E-state index contributed by atoms with van der Waals surface area (Å²) in [7, 11) is 0. The van der Waals surface area contributed by atoms with E-state index >= 15 is 0 Å². The number of hydrogen-bond donors (Lipinski definition) is 1. The number of thioether (sulfide) groups is 1. The van der Waals surface area contributed by atoms with Crippen molar-refractivity contribution in [3.8, 4) is 5.75 Å². The molecular formula is C14H23NOS. The molecule has 0 saturated heterocycles. The molecule has 0 aliphatic carbocycles. The lowest BCUT2D eigenvalue weighted by molar-refractivity contribution is 0.313. The molecule has 0 aliphatic heterocycles. The Hall–Kier alpha value is -0.670. The molecule has 0 saturated carbocycles. The Morgan fingerprint density at radius 2 is 2.12 bits per heavy atom. The Morgan fingerprint density at radius 3 is 2.88 bits per heavy atom. The van der Waals surface area contributed by atoms with Crippen molar-refractivity contribution in [2.24, 2.45) is 0 Å². The van der Waals surface area contributed by atoms with Gasteiger partial charge in [0.2, 0.25) is 0 Å². The molecule has 0 amide bonds. The Kier molecular flexibility index (Phi) is 7.93. The maximum atomic E-state index is 5.65. The van der Waals surface area contributed by atoms with E-state index in [1.807, 2.05) is 23.9 Å². The zero-order valence-corrected chi connectivity index (χ0v) is 11.7. The summed E-state index contributed by atoms with van der Waals surface area (Å²) >= 11 is 1.92. The molecule has 2 nitrogen and oxygen atoms in total. The third-order valence-electron chi connectivity index (χ3n) is 2.49. The average Bonchev–Trinajstić information content (AvgIpc) is 2.33. The number of rotatable bonds is 9. The zero-order valence-electron chi connectivity index (χ0n) is 10.9. The highest BCUT2D eigenvalue weighted by Crippen LogP contribution is 2.11. The summed E-state index contributed by atoms with van der Waals surface area (Å²) in [5.41, 5.74) is 1.24. The first-order valence-corrected chi connectivity index (χ1v) is 7.61. The first-order valence-electron chi connectivity index (χ1n) is 6.22. The topological polar surface area (TPSA) is 21.3 Å². The fourth-order valence-corrected chi connectivity index (χ4v) is 2.06. The van der Waals surface area contributed by atoms with Gasteiger partial charge < -0.3 is 10.1 Å². The Balaban J connectivity index is 1.97. The Labute approximate surface area is 109 Å². The predicted molar refractivity (Wildman–Crippen MR) is 77.2 cm³/mol. The number of nitrogens with one attached hydrogen (secondary N) is 1. The average molecular weight is 253 g/mol. The maximum Gasteiger partial charge on any atom is 0.119 e. The molecule has 0 unspecified atom stereocenters. The Bertz CT molecular complexity index is 304. The molecule has 0 radical (unpaired) electrons. The second kappa shape index (κ2) is 9.37. The molecule has 0 bridgehead atoms. The summed E-state index contributed by atoms with van der Waals surface area (Å²) in [5.74, 6) is 2.23. The summed E-state index contributed by atoms with van der Waals surface area (Å²) in [6, 6.07) is 8.18. The lowest BCUT2D eigenvalue weighted by Gasteiger charge is -2.07. The van der Waals surface area contributed by atoms with Crippen molar-refractivity contribution in [3.63, 3.8) is 0 Å². The highest BCUT2D eigenvalue weighted by Gasteiger charge is 1.93. The summed E-state index contributed by atoms with van der Waals surface area (Å²) in [5, 5.41) is 3.39. The van der Waals surface area contributed by atoms with Gasteiger partial charge in [-0.3, -0.25) is 0 Å². The van der Waals surface area contributed by atoms with Crippen LogP contribution in [0.2, 0.25) is 0 Å². The quantitative estimate of drug-likeness (QED) is 0.683. The lowest BCUT2D eigenvalue weighted by Crippen LogP contribution is -2.22. The van der Waals surface area contributed by atoms with Crippen LogP contribution in [0.3, 0.4) is 0 Å². The molecular weight excluding hydrogens is 230 g/mol. The van der Waals surface area contributed by atoms with Gasteiger partial charge in [0.05, 0.1) is 0 Å². The van der Waals surface area contributed by atoms with Crippen molar-refractivity contribution in [1.29, 1.82) is 0 Å². The predicted octanol–water partition coefficient (Wildman–Crippen LogP) is 3.11. The van der Waals surface area contributed by atoms with Crippen molar-refractivity contribution < 1.29 is 4.74 Å². The van der Waals surface area contributed by atoms with E-state index in [2.05, 4.69) is 30.6 Å². The zero-order chi connectivity index (χ0) is 12.3. The van der Waals surface area contributed by atoms with Crippen molar-refractivity contribution in [2.45, 2.75) is 19.8 Å². The summed E-state index contributed by atoms with van der Waals surface area (Å²) < 4.78 is 5.65. The molecule has 1 rings (SSSR count). The fourth-order valence-electron chi connectivity index (χ4n) is 1.57. The minimum atomic E-state index is 0.742. The van der Waals surface area contributed by atoms with Gasteiger partial charge in [-0.25, -0.2) is 0 Å². The number of ether oxygens (including phenoxy) is 1. The second-order valence-electron chi connectivity index (χ2n) is 4.11. The molecule has 0 fully saturated rings. The van der Waals surface area contributed by atoms with Gasteiger partial charge in [-0.05, 0) is 56.0 Å². The third kappa shape index (κ3) is 7.29. The van der Waals surface area contributed by atoms with E-state index in [4.69, 9.17) is 4.74 Å². The minimum Gasteiger partial charge on any atom is -0.492 e. The van der Waals surface area contributed by atoms with Crippen molar-refractivity contribution in [3.05, 3.63) is 29.8 Å². The molecule has 3 heteroatoms. The first-order chi connectivity index (χ1) is 8.33. The molecule has 17 heavy (non-hydrogen) atoms. The molecule has 0 aliphatic rings. The number of benzene rings is 1. The molecule has 1 aromatic rings. The van der Waals surface area contributed by atoms with E-state index < -0.39 is 0 Å². The summed E-state index contributed by atoms with van der Waals surface area (Å²) in [6.45, 7) is 4.84. The first kappa shape index (κ1) is 14.4. The van der Waals surface area contributed by atoms with E-state index in [1.165, 1.54) is 24.2 Å².